The van der Waals surface area contributed by atoms with Crippen LogP contribution in [0.4, 0.5) is 0 Å². The molecule has 0 atom stereocenters. The van der Waals surface area contributed by atoms with Gasteiger partial charge in [-0.15, -0.1) is 10.2 Å². The maximum atomic E-state index is 11.4. The molecule has 1 heterocycles. The highest BCUT2D eigenvalue weighted by atomic mass is 32.2. The van der Waals surface area contributed by atoms with Crippen molar-refractivity contribution >= 4 is 17.7 Å². The molecule has 106 valence electrons. The van der Waals surface area contributed by atoms with E-state index < -0.39 is 0 Å². The van der Waals surface area contributed by atoms with E-state index >= 15 is 0 Å². The Morgan fingerprint density at radius 1 is 1.35 bits per heavy atom. The average molecular weight is 291 g/mol. The lowest BCUT2D eigenvalue weighted by Gasteiger charge is -2.04. The molecule has 0 bridgehead atoms. The average Bonchev–Trinajstić information content (AvgIpc) is 2.79. The van der Waals surface area contributed by atoms with Crippen molar-refractivity contribution in [2.24, 2.45) is 0 Å². The number of nitrogens with zero attached hydrogens (tertiary/aromatic N) is 3. The van der Waals surface area contributed by atoms with E-state index in [4.69, 9.17) is 5.84 Å². The fourth-order valence-corrected chi connectivity index (χ4v) is 2.34. The highest BCUT2D eigenvalue weighted by Gasteiger charge is 2.13. The number of nitrogen functional groups attached to an aromatic ring is 1. The molecular formula is C13H17N5OS. The first-order valence-corrected chi connectivity index (χ1v) is 7.27. The van der Waals surface area contributed by atoms with Gasteiger partial charge in [0.1, 0.15) is 0 Å². The molecule has 20 heavy (non-hydrogen) atoms. The van der Waals surface area contributed by atoms with Gasteiger partial charge in [-0.25, -0.2) is 4.68 Å². The lowest BCUT2D eigenvalue weighted by molar-refractivity contribution is -0.118. The van der Waals surface area contributed by atoms with E-state index in [1.54, 1.807) is 0 Å². The molecule has 0 saturated heterocycles. The maximum Gasteiger partial charge on any atom is 0.230 e. The van der Waals surface area contributed by atoms with Gasteiger partial charge in [-0.1, -0.05) is 41.6 Å². The fraction of sp³-hybridized carbons (Fsp3) is 0.308. The van der Waals surface area contributed by atoms with E-state index in [0.29, 0.717) is 17.5 Å². The van der Waals surface area contributed by atoms with Gasteiger partial charge < -0.3 is 11.2 Å². The second-order valence-electron chi connectivity index (χ2n) is 4.28. The number of aromatic nitrogens is 3. The van der Waals surface area contributed by atoms with E-state index in [1.165, 1.54) is 22.0 Å². The monoisotopic (exact) mass is 291 g/mol. The van der Waals surface area contributed by atoms with E-state index in [2.05, 4.69) is 15.5 Å². The van der Waals surface area contributed by atoms with E-state index in [0.717, 1.165) is 5.56 Å². The predicted molar refractivity (Wildman–Crippen MR) is 79.8 cm³/mol. The molecule has 2 rings (SSSR count). The summed E-state index contributed by atoms with van der Waals surface area (Å²) in [5.74, 6) is 6.79. The molecule has 0 aliphatic carbocycles. The second kappa shape index (κ2) is 6.42. The molecule has 0 saturated carbocycles. The molecule has 7 heteroatoms. The molecule has 3 N–H and O–H groups in total. The zero-order chi connectivity index (χ0) is 14.5. The summed E-state index contributed by atoms with van der Waals surface area (Å²) in [5, 5.41) is 11.3. The number of aryl methyl sites for hydroxylation is 1. The molecule has 1 aromatic heterocycles. The molecule has 1 amide bonds. The SMILES string of the molecule is CCNC(=O)CSc1nnc(-c2ccc(C)cc2)n1N. The highest BCUT2D eigenvalue weighted by molar-refractivity contribution is 7.99. The number of hydrogen-bond acceptors (Lipinski definition) is 5. The summed E-state index contributed by atoms with van der Waals surface area (Å²) in [6.07, 6.45) is 0. The van der Waals surface area contributed by atoms with Crippen molar-refractivity contribution in [2.75, 3.05) is 18.1 Å². The molecule has 1 aromatic carbocycles. The van der Waals surface area contributed by atoms with Crippen LogP contribution in [0.3, 0.4) is 0 Å². The van der Waals surface area contributed by atoms with E-state index in [9.17, 15) is 4.79 Å². The molecule has 6 nitrogen and oxygen atoms in total. The van der Waals surface area contributed by atoms with Crippen LogP contribution >= 0.6 is 11.8 Å². The second-order valence-corrected chi connectivity index (χ2v) is 5.23. The minimum atomic E-state index is -0.0441. The molecule has 0 unspecified atom stereocenters. The van der Waals surface area contributed by atoms with Gasteiger partial charge in [0.25, 0.3) is 0 Å². The number of benzene rings is 1. The Hall–Kier alpha value is -2.02. The van der Waals surface area contributed by atoms with Crippen LogP contribution in [0.15, 0.2) is 29.4 Å². The lowest BCUT2D eigenvalue weighted by Crippen LogP contribution is -2.24. The number of carbonyl (C=O) groups is 1. The van der Waals surface area contributed by atoms with Crippen LogP contribution in [-0.4, -0.2) is 33.1 Å². The van der Waals surface area contributed by atoms with Crippen LogP contribution in [0.5, 0.6) is 0 Å². The van der Waals surface area contributed by atoms with Gasteiger partial charge in [-0.3, -0.25) is 4.79 Å². The molecule has 2 aromatic rings. The summed E-state index contributed by atoms with van der Waals surface area (Å²) in [6.45, 7) is 4.51. The first-order valence-electron chi connectivity index (χ1n) is 6.29. The van der Waals surface area contributed by atoms with Crippen molar-refractivity contribution in [1.82, 2.24) is 20.2 Å². The summed E-state index contributed by atoms with van der Waals surface area (Å²) in [7, 11) is 0. The number of amides is 1. The number of nitrogens with two attached hydrogens (primary N) is 1. The van der Waals surface area contributed by atoms with Crippen molar-refractivity contribution in [2.45, 2.75) is 19.0 Å². The molecule has 0 radical (unpaired) electrons. The van der Waals surface area contributed by atoms with Gasteiger partial charge in [0, 0.05) is 12.1 Å². The Kier molecular flexibility index (Phi) is 4.62. The Labute approximate surface area is 121 Å². The van der Waals surface area contributed by atoms with Gasteiger partial charge in [0.05, 0.1) is 5.75 Å². The highest BCUT2D eigenvalue weighted by Crippen LogP contribution is 2.21. The predicted octanol–water partition coefficient (Wildman–Crippen LogP) is 1.20. The van der Waals surface area contributed by atoms with Crippen molar-refractivity contribution in [3.05, 3.63) is 29.8 Å². The quantitative estimate of drug-likeness (QED) is 0.638. The topological polar surface area (TPSA) is 85.8 Å². The van der Waals surface area contributed by atoms with Crippen molar-refractivity contribution in [1.29, 1.82) is 0 Å². The van der Waals surface area contributed by atoms with Crippen molar-refractivity contribution < 1.29 is 4.79 Å². The van der Waals surface area contributed by atoms with Crippen molar-refractivity contribution in [3.8, 4) is 11.4 Å². The summed E-state index contributed by atoms with van der Waals surface area (Å²) in [6, 6.07) is 7.87. The summed E-state index contributed by atoms with van der Waals surface area (Å²) < 4.78 is 1.41. The zero-order valence-electron chi connectivity index (χ0n) is 11.5. The normalized spacial score (nSPS) is 10.5. The molecule has 0 aliphatic rings. The van der Waals surface area contributed by atoms with Gasteiger partial charge in [0.15, 0.2) is 5.82 Å². The van der Waals surface area contributed by atoms with Gasteiger partial charge in [-0.2, -0.15) is 0 Å². The van der Waals surface area contributed by atoms with Crippen LogP contribution < -0.4 is 11.2 Å². The number of carbonyl (C=O) groups excluding carboxylic acids is 1. The Morgan fingerprint density at radius 2 is 2.05 bits per heavy atom. The Bertz CT molecular complexity index is 593. The van der Waals surface area contributed by atoms with Crippen LogP contribution in [-0.2, 0) is 4.79 Å². The smallest absolute Gasteiger partial charge is 0.230 e. The third-order valence-corrected chi connectivity index (χ3v) is 3.62. The van der Waals surface area contributed by atoms with Gasteiger partial charge in [-0.05, 0) is 13.8 Å². The van der Waals surface area contributed by atoms with E-state index in [1.807, 2.05) is 38.1 Å². The van der Waals surface area contributed by atoms with Crippen LogP contribution in [0, 0.1) is 6.92 Å². The third kappa shape index (κ3) is 3.30. The fourth-order valence-electron chi connectivity index (χ4n) is 1.65. The van der Waals surface area contributed by atoms with Gasteiger partial charge >= 0.3 is 0 Å². The molecular weight excluding hydrogens is 274 g/mol. The Morgan fingerprint density at radius 3 is 2.70 bits per heavy atom. The lowest BCUT2D eigenvalue weighted by atomic mass is 10.1. The Balaban J connectivity index is 2.11. The van der Waals surface area contributed by atoms with Crippen molar-refractivity contribution in [3.63, 3.8) is 0 Å². The first kappa shape index (κ1) is 14.4. The number of nitrogens with one attached hydrogen (secondary N) is 1. The van der Waals surface area contributed by atoms with E-state index in [-0.39, 0.29) is 11.7 Å². The number of rotatable bonds is 5. The summed E-state index contributed by atoms with van der Waals surface area (Å²) >= 11 is 1.27. The number of thioether (sulfide) groups is 1. The minimum Gasteiger partial charge on any atom is -0.356 e. The van der Waals surface area contributed by atoms with Gasteiger partial charge in [0.2, 0.25) is 11.1 Å². The summed E-state index contributed by atoms with van der Waals surface area (Å²) in [4.78, 5) is 11.4. The number of hydrogen-bond donors (Lipinski definition) is 2. The molecule has 0 fully saturated rings. The third-order valence-electron chi connectivity index (χ3n) is 2.68. The standard InChI is InChI=1S/C13H17N5OS/c1-3-15-11(19)8-20-13-17-16-12(18(13)14)10-6-4-9(2)5-7-10/h4-7H,3,8,14H2,1-2H3,(H,15,19). The first-order chi connectivity index (χ1) is 9.61. The molecule has 0 aliphatic heterocycles. The maximum absolute atomic E-state index is 11.4. The van der Waals surface area contributed by atoms with Crippen LogP contribution in [0.25, 0.3) is 11.4 Å². The molecule has 0 spiro atoms. The largest absolute Gasteiger partial charge is 0.356 e. The minimum absolute atomic E-state index is 0.0441. The summed E-state index contributed by atoms with van der Waals surface area (Å²) in [5.41, 5.74) is 2.07. The van der Waals surface area contributed by atoms with Crippen LogP contribution in [0.1, 0.15) is 12.5 Å². The zero-order valence-corrected chi connectivity index (χ0v) is 12.3. The van der Waals surface area contributed by atoms with Crippen LogP contribution in [0.2, 0.25) is 0 Å².